The fourth-order valence-electron chi connectivity index (χ4n) is 4.12. The van der Waals surface area contributed by atoms with E-state index in [1.807, 2.05) is 27.8 Å². The lowest BCUT2D eigenvalue weighted by Crippen LogP contribution is -2.60. The second kappa shape index (κ2) is 8.42. The van der Waals surface area contributed by atoms with Crippen LogP contribution in [0.1, 0.15) is 29.8 Å². The normalized spacial score (nSPS) is 23.4. The summed E-state index contributed by atoms with van der Waals surface area (Å²) >= 11 is 1.87. The molecular weight excluding hydrogens is 380 g/mol. The molecule has 4 rings (SSSR count). The van der Waals surface area contributed by atoms with Gasteiger partial charge in [-0.15, -0.1) is 11.8 Å². The topological polar surface area (TPSA) is 76.9 Å². The second-order valence-corrected chi connectivity index (χ2v) is 9.33. The van der Waals surface area contributed by atoms with E-state index in [2.05, 4.69) is 5.10 Å². The predicted octanol–water partition coefficient (Wildman–Crippen LogP) is 0.869. The molecule has 28 heavy (non-hydrogen) atoms. The van der Waals surface area contributed by atoms with Crippen molar-refractivity contribution in [1.82, 2.24) is 19.6 Å². The predicted molar refractivity (Wildman–Crippen MR) is 105 cm³/mol. The third kappa shape index (κ3) is 4.21. The van der Waals surface area contributed by atoms with Gasteiger partial charge in [-0.05, 0) is 25.3 Å². The van der Waals surface area contributed by atoms with Crippen LogP contribution in [-0.4, -0.2) is 94.5 Å². The van der Waals surface area contributed by atoms with Crippen molar-refractivity contribution in [2.75, 3.05) is 52.3 Å². The molecule has 1 atom stereocenters. The monoisotopic (exact) mass is 408 g/mol. The number of carbonyl (C=O) groups excluding carboxylic acids is 2. The highest BCUT2D eigenvalue weighted by molar-refractivity contribution is 8.01. The molecule has 1 aromatic heterocycles. The SMILES string of the molecule is COCCn1ccc(C(=O)N2CC3(C[C@@H](OCC(=O)N4CCCC4)CS3)C2)n1. The van der Waals surface area contributed by atoms with Gasteiger partial charge >= 0.3 is 0 Å². The Morgan fingerprint density at radius 3 is 2.82 bits per heavy atom. The van der Waals surface area contributed by atoms with Gasteiger partial charge in [-0.2, -0.15) is 5.10 Å². The zero-order valence-electron chi connectivity index (χ0n) is 16.3. The molecule has 3 saturated heterocycles. The number of carbonyl (C=O) groups is 2. The number of methoxy groups -OCH3 is 1. The fourth-order valence-corrected chi connectivity index (χ4v) is 5.67. The number of ether oxygens (including phenoxy) is 2. The van der Waals surface area contributed by atoms with Crippen LogP contribution in [0.15, 0.2) is 12.3 Å². The molecule has 0 aromatic carbocycles. The number of rotatable bonds is 7. The fraction of sp³-hybridized carbons (Fsp3) is 0.737. The molecule has 4 heterocycles. The minimum absolute atomic E-state index is 0.0176. The van der Waals surface area contributed by atoms with Crippen molar-refractivity contribution in [3.05, 3.63) is 18.0 Å². The van der Waals surface area contributed by atoms with Crippen LogP contribution >= 0.6 is 11.8 Å². The summed E-state index contributed by atoms with van der Waals surface area (Å²) in [6.45, 7) is 4.57. The molecule has 8 nitrogen and oxygen atoms in total. The summed E-state index contributed by atoms with van der Waals surface area (Å²) in [4.78, 5) is 28.5. The van der Waals surface area contributed by atoms with Gasteiger partial charge in [0, 0.05) is 45.2 Å². The van der Waals surface area contributed by atoms with E-state index in [4.69, 9.17) is 9.47 Å². The van der Waals surface area contributed by atoms with Crippen LogP contribution in [0.25, 0.3) is 0 Å². The minimum atomic E-state index is -0.0176. The summed E-state index contributed by atoms with van der Waals surface area (Å²) < 4.78 is 12.7. The lowest BCUT2D eigenvalue weighted by atomic mass is 9.92. The van der Waals surface area contributed by atoms with E-state index < -0.39 is 0 Å². The Morgan fingerprint density at radius 2 is 2.07 bits per heavy atom. The van der Waals surface area contributed by atoms with Gasteiger partial charge in [0.15, 0.2) is 0 Å². The van der Waals surface area contributed by atoms with Gasteiger partial charge in [0.1, 0.15) is 12.3 Å². The van der Waals surface area contributed by atoms with Crippen molar-refractivity contribution in [3.8, 4) is 0 Å². The zero-order valence-corrected chi connectivity index (χ0v) is 17.2. The Labute approximate surface area is 169 Å². The van der Waals surface area contributed by atoms with Gasteiger partial charge in [0.2, 0.25) is 5.91 Å². The van der Waals surface area contributed by atoms with Gasteiger partial charge in [-0.1, -0.05) is 0 Å². The number of hydrogen-bond donors (Lipinski definition) is 0. The maximum absolute atomic E-state index is 12.6. The largest absolute Gasteiger partial charge is 0.383 e. The Morgan fingerprint density at radius 1 is 1.29 bits per heavy atom. The zero-order chi connectivity index (χ0) is 19.6. The highest BCUT2D eigenvalue weighted by Crippen LogP contribution is 2.46. The van der Waals surface area contributed by atoms with Crippen LogP contribution in [0.2, 0.25) is 0 Å². The van der Waals surface area contributed by atoms with Crippen LogP contribution < -0.4 is 0 Å². The first kappa shape index (κ1) is 19.7. The van der Waals surface area contributed by atoms with Crippen LogP contribution in [0.4, 0.5) is 0 Å². The maximum Gasteiger partial charge on any atom is 0.274 e. The van der Waals surface area contributed by atoms with Gasteiger partial charge in [0.05, 0.1) is 24.0 Å². The Kier molecular flexibility index (Phi) is 5.93. The molecule has 3 fully saturated rings. The minimum Gasteiger partial charge on any atom is -0.383 e. The molecule has 2 amide bonds. The lowest BCUT2D eigenvalue weighted by molar-refractivity contribution is -0.136. The van der Waals surface area contributed by atoms with E-state index in [1.165, 1.54) is 0 Å². The third-order valence-corrected chi connectivity index (χ3v) is 7.28. The Bertz CT molecular complexity index is 713. The van der Waals surface area contributed by atoms with E-state index in [-0.39, 0.29) is 29.3 Å². The molecule has 3 aliphatic rings. The Balaban J connectivity index is 1.21. The second-order valence-electron chi connectivity index (χ2n) is 7.84. The number of likely N-dealkylation sites (tertiary alicyclic amines) is 2. The van der Waals surface area contributed by atoms with E-state index in [0.29, 0.717) is 18.8 Å². The summed E-state index contributed by atoms with van der Waals surface area (Å²) in [5, 5.41) is 4.34. The van der Waals surface area contributed by atoms with Crippen molar-refractivity contribution in [2.45, 2.75) is 36.7 Å². The van der Waals surface area contributed by atoms with Crippen molar-refractivity contribution in [3.63, 3.8) is 0 Å². The average molecular weight is 409 g/mol. The van der Waals surface area contributed by atoms with Crippen molar-refractivity contribution < 1.29 is 19.1 Å². The molecule has 0 bridgehead atoms. The van der Waals surface area contributed by atoms with Crippen molar-refractivity contribution in [2.24, 2.45) is 0 Å². The van der Waals surface area contributed by atoms with Gasteiger partial charge in [-0.25, -0.2) is 0 Å². The summed E-state index contributed by atoms with van der Waals surface area (Å²) in [7, 11) is 1.65. The summed E-state index contributed by atoms with van der Waals surface area (Å²) in [5.74, 6) is 0.981. The highest BCUT2D eigenvalue weighted by atomic mass is 32.2. The third-order valence-electron chi connectivity index (χ3n) is 5.71. The molecule has 0 saturated carbocycles. The van der Waals surface area contributed by atoms with Crippen LogP contribution in [0.5, 0.6) is 0 Å². The number of nitrogens with zero attached hydrogens (tertiary/aromatic N) is 4. The van der Waals surface area contributed by atoms with E-state index in [9.17, 15) is 9.59 Å². The molecule has 0 N–H and O–H groups in total. The molecule has 154 valence electrons. The number of thioether (sulfide) groups is 1. The molecular formula is C19H28N4O4S. The molecule has 1 spiro atoms. The van der Waals surface area contributed by atoms with Gasteiger partial charge < -0.3 is 19.3 Å². The first-order valence-corrected chi connectivity index (χ1v) is 10.9. The average Bonchev–Trinajstić information content (AvgIpc) is 3.43. The van der Waals surface area contributed by atoms with Gasteiger partial charge in [0.25, 0.3) is 5.91 Å². The standard InChI is InChI=1S/C19H28N4O4S/c1-26-9-8-23-7-4-16(20-23)18(25)22-13-19(14-22)10-15(12-28-19)27-11-17(24)21-5-2-3-6-21/h4,7,15H,2-3,5-6,8-14H2,1H3/t15-/m1/s1. The number of hydrogen-bond acceptors (Lipinski definition) is 6. The summed E-state index contributed by atoms with van der Waals surface area (Å²) in [6.07, 6.45) is 5.01. The quantitative estimate of drug-likeness (QED) is 0.666. The molecule has 0 radical (unpaired) electrons. The van der Waals surface area contributed by atoms with Crippen LogP contribution in [0, 0.1) is 0 Å². The van der Waals surface area contributed by atoms with Crippen LogP contribution in [-0.2, 0) is 20.8 Å². The molecule has 0 aliphatic carbocycles. The molecule has 0 unspecified atom stereocenters. The summed E-state index contributed by atoms with van der Waals surface area (Å²) in [5.41, 5.74) is 0.484. The van der Waals surface area contributed by atoms with E-state index >= 15 is 0 Å². The van der Waals surface area contributed by atoms with Crippen LogP contribution in [0.3, 0.4) is 0 Å². The highest BCUT2D eigenvalue weighted by Gasteiger charge is 2.51. The molecule has 9 heteroatoms. The maximum atomic E-state index is 12.6. The van der Waals surface area contributed by atoms with Crippen molar-refractivity contribution in [1.29, 1.82) is 0 Å². The Hall–Kier alpha value is -1.58. The molecule has 1 aromatic rings. The van der Waals surface area contributed by atoms with E-state index in [0.717, 1.165) is 51.2 Å². The van der Waals surface area contributed by atoms with Gasteiger partial charge in [-0.3, -0.25) is 14.3 Å². The van der Waals surface area contributed by atoms with Crippen molar-refractivity contribution >= 4 is 23.6 Å². The smallest absolute Gasteiger partial charge is 0.274 e. The first-order chi connectivity index (χ1) is 13.6. The number of amides is 2. The lowest BCUT2D eigenvalue weighted by Gasteiger charge is -2.47. The number of aromatic nitrogens is 2. The van der Waals surface area contributed by atoms with E-state index in [1.54, 1.807) is 17.9 Å². The molecule has 3 aliphatic heterocycles. The first-order valence-electron chi connectivity index (χ1n) is 9.94. The summed E-state index contributed by atoms with van der Waals surface area (Å²) in [6, 6.07) is 1.76.